The molecule has 1 unspecified atom stereocenters. The lowest BCUT2D eigenvalue weighted by atomic mass is 9.94. The maximum absolute atomic E-state index is 13.7. The van der Waals surface area contributed by atoms with Gasteiger partial charge in [0.25, 0.3) is 0 Å². The van der Waals surface area contributed by atoms with Gasteiger partial charge in [0.2, 0.25) is 0 Å². The van der Waals surface area contributed by atoms with Crippen molar-refractivity contribution in [3.63, 3.8) is 0 Å². The number of carbonyl (C=O) groups is 1. The molecule has 2 amide bonds. The minimum atomic E-state index is 0.253. The fourth-order valence-electron chi connectivity index (χ4n) is 6.24. The summed E-state index contributed by atoms with van der Waals surface area (Å²) in [7, 11) is 0. The molecular weight excluding hydrogens is 482 g/mol. The Hall–Kier alpha value is -2.57. The summed E-state index contributed by atoms with van der Waals surface area (Å²) in [5.41, 5.74) is 4.19. The second-order valence-electron chi connectivity index (χ2n) is 10.5. The Morgan fingerprint density at radius 2 is 1.78 bits per heavy atom. The summed E-state index contributed by atoms with van der Waals surface area (Å²) < 4.78 is 2.20. The van der Waals surface area contributed by atoms with E-state index < -0.39 is 0 Å². The highest BCUT2D eigenvalue weighted by molar-refractivity contribution is 6.30. The molecule has 1 saturated heterocycles. The Morgan fingerprint density at radius 3 is 2.51 bits per heavy atom. The topological polar surface area (TPSA) is 44.1 Å². The van der Waals surface area contributed by atoms with Crippen molar-refractivity contribution in [3.05, 3.63) is 59.4 Å². The number of hydrogen-bond acceptors (Lipinski definition) is 3. The van der Waals surface area contributed by atoms with Crippen LogP contribution in [0.3, 0.4) is 0 Å². The van der Waals surface area contributed by atoms with Crippen LogP contribution in [0.1, 0.15) is 64.5 Å². The van der Waals surface area contributed by atoms with Crippen LogP contribution in [-0.4, -0.2) is 68.4 Å². The van der Waals surface area contributed by atoms with Gasteiger partial charge in [-0.1, -0.05) is 56.0 Å². The van der Waals surface area contributed by atoms with Gasteiger partial charge in [-0.15, -0.1) is 0 Å². The average molecular weight is 522 g/mol. The summed E-state index contributed by atoms with van der Waals surface area (Å²) in [6, 6.07) is 15.0. The molecule has 3 heterocycles. The molecule has 1 aliphatic heterocycles. The standard InChI is InChI=1S/C30H40ClN5O/c1-3-33(21-26-13-10-20-35(26)30(37)34(4-2)25-11-6-5-7-12-25)22-27-29(23-15-17-24(31)18-16-23)32-28-14-8-9-19-36(27)28/h8-9,14-19,25-26H,3-7,10-13,20-22H2,1-2H3. The fraction of sp³-hybridized carbons (Fsp3) is 0.533. The molecule has 37 heavy (non-hydrogen) atoms. The smallest absolute Gasteiger partial charge is 0.320 e. The number of likely N-dealkylation sites (tertiary alicyclic amines) is 1. The van der Waals surface area contributed by atoms with Crippen LogP contribution >= 0.6 is 11.6 Å². The van der Waals surface area contributed by atoms with Crippen LogP contribution in [0, 0.1) is 0 Å². The van der Waals surface area contributed by atoms with E-state index in [1.165, 1.54) is 25.0 Å². The molecule has 198 valence electrons. The lowest BCUT2D eigenvalue weighted by Crippen LogP contribution is -2.52. The Kier molecular flexibility index (Phi) is 8.36. The van der Waals surface area contributed by atoms with Gasteiger partial charge in [-0.3, -0.25) is 4.90 Å². The molecule has 5 rings (SSSR count). The maximum Gasteiger partial charge on any atom is 0.320 e. The van der Waals surface area contributed by atoms with E-state index in [9.17, 15) is 4.79 Å². The first kappa shape index (κ1) is 26.1. The van der Waals surface area contributed by atoms with Crippen molar-refractivity contribution in [3.8, 4) is 11.3 Å². The quantitative estimate of drug-likeness (QED) is 0.330. The van der Waals surface area contributed by atoms with Gasteiger partial charge in [-0.2, -0.15) is 0 Å². The summed E-state index contributed by atoms with van der Waals surface area (Å²) in [5.74, 6) is 0. The number of fused-ring (bicyclic) bond motifs is 1. The Labute approximate surface area is 226 Å². The van der Waals surface area contributed by atoms with Crippen molar-refractivity contribution < 1.29 is 4.79 Å². The number of amides is 2. The van der Waals surface area contributed by atoms with E-state index in [0.29, 0.717) is 6.04 Å². The number of likely N-dealkylation sites (N-methyl/N-ethyl adjacent to an activating group) is 1. The third kappa shape index (κ3) is 5.65. The van der Waals surface area contributed by atoms with Crippen LogP contribution in [0.5, 0.6) is 0 Å². The zero-order valence-electron chi connectivity index (χ0n) is 22.3. The van der Waals surface area contributed by atoms with Crippen LogP contribution in [0.4, 0.5) is 4.79 Å². The molecule has 0 radical (unpaired) electrons. The Bertz CT molecular complexity index is 1190. The molecule has 2 fully saturated rings. The third-order valence-electron chi connectivity index (χ3n) is 8.26. The number of hydrogen-bond donors (Lipinski definition) is 0. The molecule has 0 spiro atoms. The largest absolute Gasteiger partial charge is 0.322 e. The molecule has 6 nitrogen and oxygen atoms in total. The van der Waals surface area contributed by atoms with Crippen LogP contribution in [-0.2, 0) is 6.54 Å². The zero-order chi connectivity index (χ0) is 25.8. The van der Waals surface area contributed by atoms with Gasteiger partial charge in [-0.05, 0) is 63.4 Å². The van der Waals surface area contributed by atoms with E-state index >= 15 is 0 Å². The lowest BCUT2D eigenvalue weighted by Gasteiger charge is -2.39. The second kappa shape index (κ2) is 11.9. The monoisotopic (exact) mass is 521 g/mol. The number of aromatic nitrogens is 2. The minimum absolute atomic E-state index is 0.253. The molecule has 2 aromatic heterocycles. The van der Waals surface area contributed by atoms with Crippen molar-refractivity contribution >= 4 is 23.3 Å². The minimum Gasteiger partial charge on any atom is -0.322 e. The predicted octanol–water partition coefficient (Wildman–Crippen LogP) is 6.72. The molecular formula is C30H40ClN5O. The summed E-state index contributed by atoms with van der Waals surface area (Å²) in [6.45, 7) is 8.60. The highest BCUT2D eigenvalue weighted by atomic mass is 35.5. The van der Waals surface area contributed by atoms with Gasteiger partial charge in [-0.25, -0.2) is 9.78 Å². The first-order chi connectivity index (χ1) is 18.1. The van der Waals surface area contributed by atoms with Gasteiger partial charge in [0, 0.05) is 55.0 Å². The number of pyridine rings is 1. The molecule has 1 saturated carbocycles. The van der Waals surface area contributed by atoms with Gasteiger partial charge in [0.1, 0.15) is 5.65 Å². The number of nitrogens with zero attached hydrogens (tertiary/aromatic N) is 5. The van der Waals surface area contributed by atoms with Crippen molar-refractivity contribution in [2.24, 2.45) is 0 Å². The molecule has 7 heteroatoms. The number of rotatable bonds is 8. The van der Waals surface area contributed by atoms with E-state index in [-0.39, 0.29) is 12.1 Å². The van der Waals surface area contributed by atoms with Crippen LogP contribution < -0.4 is 0 Å². The SMILES string of the molecule is CCN(Cc1c(-c2ccc(Cl)cc2)nc2ccccn12)CC1CCCN1C(=O)N(CC)C1CCCCC1. The zero-order valence-corrected chi connectivity index (χ0v) is 23.0. The molecule has 2 aliphatic rings. The normalized spacial score (nSPS) is 18.7. The van der Waals surface area contributed by atoms with Gasteiger partial charge < -0.3 is 14.2 Å². The molecule has 0 N–H and O–H groups in total. The van der Waals surface area contributed by atoms with Crippen LogP contribution in [0.15, 0.2) is 48.7 Å². The number of imidazole rings is 1. The highest BCUT2D eigenvalue weighted by Crippen LogP contribution is 2.29. The van der Waals surface area contributed by atoms with Crippen molar-refractivity contribution in [1.29, 1.82) is 0 Å². The lowest BCUT2D eigenvalue weighted by molar-refractivity contribution is 0.108. The average Bonchev–Trinajstić information content (AvgIpc) is 3.54. The van der Waals surface area contributed by atoms with E-state index in [1.54, 1.807) is 0 Å². The highest BCUT2D eigenvalue weighted by Gasteiger charge is 2.35. The van der Waals surface area contributed by atoms with Crippen LogP contribution in [0.2, 0.25) is 5.02 Å². The van der Waals surface area contributed by atoms with Crippen molar-refractivity contribution in [2.45, 2.75) is 77.4 Å². The summed E-state index contributed by atoms with van der Waals surface area (Å²) in [5, 5.41) is 0.726. The van der Waals surface area contributed by atoms with Gasteiger partial charge in [0.15, 0.2) is 0 Å². The van der Waals surface area contributed by atoms with Gasteiger partial charge in [0.05, 0.1) is 11.4 Å². The molecule has 0 bridgehead atoms. The summed E-state index contributed by atoms with van der Waals surface area (Å²) in [4.78, 5) is 25.5. The van der Waals surface area contributed by atoms with Crippen LogP contribution in [0.25, 0.3) is 16.9 Å². The summed E-state index contributed by atoms with van der Waals surface area (Å²) in [6.07, 6.45) is 10.4. The molecule has 1 atom stereocenters. The number of halogens is 1. The van der Waals surface area contributed by atoms with Crippen molar-refractivity contribution in [2.75, 3.05) is 26.2 Å². The van der Waals surface area contributed by atoms with E-state index in [0.717, 1.165) is 80.3 Å². The molecule has 3 aromatic rings. The van der Waals surface area contributed by atoms with E-state index in [4.69, 9.17) is 16.6 Å². The molecule has 1 aromatic carbocycles. The first-order valence-corrected chi connectivity index (χ1v) is 14.5. The Balaban J connectivity index is 1.35. The molecule has 1 aliphatic carbocycles. The first-order valence-electron chi connectivity index (χ1n) is 14.1. The number of benzene rings is 1. The predicted molar refractivity (Wildman–Crippen MR) is 151 cm³/mol. The van der Waals surface area contributed by atoms with Gasteiger partial charge >= 0.3 is 6.03 Å². The number of carbonyl (C=O) groups excluding carboxylic acids is 1. The number of urea groups is 1. The van der Waals surface area contributed by atoms with Crippen molar-refractivity contribution in [1.82, 2.24) is 24.1 Å². The summed E-state index contributed by atoms with van der Waals surface area (Å²) >= 11 is 6.17. The fourth-order valence-corrected chi connectivity index (χ4v) is 6.36. The van der Waals surface area contributed by atoms with E-state index in [2.05, 4.69) is 51.3 Å². The third-order valence-corrected chi connectivity index (χ3v) is 8.51. The second-order valence-corrected chi connectivity index (χ2v) is 11.0. The van der Waals surface area contributed by atoms with E-state index in [1.807, 2.05) is 30.3 Å². The maximum atomic E-state index is 13.7. The Morgan fingerprint density at radius 1 is 1.00 bits per heavy atom.